The second-order valence-electron chi connectivity index (χ2n) is 3.58. The molecule has 0 aliphatic heterocycles. The van der Waals surface area contributed by atoms with E-state index < -0.39 is 17.8 Å². The second-order valence-corrected chi connectivity index (χ2v) is 3.58. The maximum absolute atomic E-state index is 13.3. The van der Waals surface area contributed by atoms with E-state index in [1.54, 1.807) is 0 Å². The van der Waals surface area contributed by atoms with Gasteiger partial charge >= 0.3 is 0 Å². The molecule has 1 unspecified atom stereocenters. The first kappa shape index (κ1) is 9.52. The van der Waals surface area contributed by atoms with Crippen LogP contribution in [-0.4, -0.2) is 0 Å². The molecule has 0 heterocycles. The molecule has 2 rings (SSSR count). The van der Waals surface area contributed by atoms with E-state index in [-0.39, 0.29) is 18.4 Å². The van der Waals surface area contributed by atoms with Crippen molar-refractivity contribution >= 4 is 0 Å². The Morgan fingerprint density at radius 1 is 1.36 bits per heavy atom. The van der Waals surface area contributed by atoms with Crippen LogP contribution in [0.3, 0.4) is 0 Å². The average molecular weight is 201 g/mol. The maximum atomic E-state index is 13.3. The van der Waals surface area contributed by atoms with E-state index in [4.69, 9.17) is 5.73 Å². The molecule has 1 aromatic rings. The zero-order valence-corrected chi connectivity index (χ0v) is 7.43. The Hall–Kier alpha value is -1.03. The first-order valence-corrected chi connectivity index (χ1v) is 4.44. The minimum atomic E-state index is -2.94. The molecule has 1 aliphatic carbocycles. The van der Waals surface area contributed by atoms with Gasteiger partial charge in [0.25, 0.3) is 5.92 Å². The molecule has 1 nitrogen and oxygen atoms in total. The Bertz CT molecular complexity index is 362. The van der Waals surface area contributed by atoms with Gasteiger partial charge in [-0.2, -0.15) is 0 Å². The summed E-state index contributed by atoms with van der Waals surface area (Å²) in [5.41, 5.74) is 5.77. The van der Waals surface area contributed by atoms with E-state index in [9.17, 15) is 13.2 Å². The molecular formula is C10H10F3N. The van der Waals surface area contributed by atoms with Crippen molar-refractivity contribution in [1.82, 2.24) is 0 Å². The number of hydrogen-bond acceptors (Lipinski definition) is 1. The van der Waals surface area contributed by atoms with Gasteiger partial charge < -0.3 is 5.73 Å². The van der Waals surface area contributed by atoms with Crippen molar-refractivity contribution in [3.63, 3.8) is 0 Å². The van der Waals surface area contributed by atoms with E-state index in [0.29, 0.717) is 5.56 Å². The largest absolute Gasteiger partial charge is 0.324 e. The third-order valence-electron chi connectivity index (χ3n) is 2.58. The topological polar surface area (TPSA) is 26.0 Å². The zero-order valence-electron chi connectivity index (χ0n) is 7.43. The fraction of sp³-hybridized carbons (Fsp3) is 0.400. The molecule has 0 radical (unpaired) electrons. The van der Waals surface area contributed by atoms with Gasteiger partial charge in [0.1, 0.15) is 5.82 Å². The standard InChI is InChI=1S/C10H10F3N/c11-6-1-2-7-8(5-6)10(12,13)4-3-9(7)14/h1-2,5,9H,3-4,14H2. The number of benzene rings is 1. The van der Waals surface area contributed by atoms with Crippen molar-refractivity contribution in [3.8, 4) is 0 Å². The normalized spacial score (nSPS) is 24.4. The lowest BCUT2D eigenvalue weighted by Crippen LogP contribution is -2.27. The van der Waals surface area contributed by atoms with Crippen LogP contribution in [0.15, 0.2) is 18.2 Å². The molecule has 0 saturated heterocycles. The molecule has 0 fully saturated rings. The smallest absolute Gasteiger partial charge is 0.273 e. The van der Waals surface area contributed by atoms with Gasteiger partial charge in [-0.05, 0) is 24.1 Å². The van der Waals surface area contributed by atoms with Crippen LogP contribution in [0.4, 0.5) is 13.2 Å². The summed E-state index contributed by atoms with van der Waals surface area (Å²) in [5, 5.41) is 0. The lowest BCUT2D eigenvalue weighted by molar-refractivity contribution is -0.0253. The molecule has 1 atom stereocenters. The summed E-state index contributed by atoms with van der Waals surface area (Å²) in [7, 11) is 0. The highest BCUT2D eigenvalue weighted by atomic mass is 19.3. The summed E-state index contributed by atoms with van der Waals surface area (Å²) in [6, 6.07) is 3.00. The number of alkyl halides is 2. The predicted molar refractivity (Wildman–Crippen MR) is 46.5 cm³/mol. The third-order valence-corrected chi connectivity index (χ3v) is 2.58. The highest BCUT2D eigenvalue weighted by Gasteiger charge is 2.39. The summed E-state index contributed by atoms with van der Waals surface area (Å²) in [5.74, 6) is -3.58. The van der Waals surface area contributed by atoms with E-state index >= 15 is 0 Å². The van der Waals surface area contributed by atoms with Crippen molar-refractivity contribution in [2.45, 2.75) is 24.8 Å². The summed E-state index contributed by atoms with van der Waals surface area (Å²) >= 11 is 0. The van der Waals surface area contributed by atoms with Crippen molar-refractivity contribution in [3.05, 3.63) is 35.1 Å². The number of rotatable bonds is 0. The Balaban J connectivity index is 2.58. The van der Waals surface area contributed by atoms with Crippen molar-refractivity contribution < 1.29 is 13.2 Å². The average Bonchev–Trinajstić information content (AvgIpc) is 2.12. The minimum Gasteiger partial charge on any atom is -0.324 e. The van der Waals surface area contributed by atoms with Gasteiger partial charge in [0.15, 0.2) is 0 Å². The van der Waals surface area contributed by atoms with Crippen LogP contribution < -0.4 is 5.73 Å². The molecule has 2 N–H and O–H groups in total. The fourth-order valence-corrected chi connectivity index (χ4v) is 1.80. The number of halogens is 3. The van der Waals surface area contributed by atoms with Gasteiger partial charge in [0.2, 0.25) is 0 Å². The Morgan fingerprint density at radius 2 is 2.07 bits per heavy atom. The van der Waals surface area contributed by atoms with Gasteiger partial charge in [0.05, 0.1) is 0 Å². The molecule has 0 spiro atoms. The Morgan fingerprint density at radius 3 is 2.79 bits per heavy atom. The molecular weight excluding hydrogens is 191 g/mol. The van der Waals surface area contributed by atoms with Crippen LogP contribution in [0.5, 0.6) is 0 Å². The number of nitrogens with two attached hydrogens (primary N) is 1. The Kier molecular flexibility index (Phi) is 2.03. The van der Waals surface area contributed by atoms with E-state index in [1.807, 2.05) is 0 Å². The highest BCUT2D eigenvalue weighted by molar-refractivity contribution is 5.36. The first-order valence-electron chi connectivity index (χ1n) is 4.44. The highest BCUT2D eigenvalue weighted by Crippen LogP contribution is 2.43. The van der Waals surface area contributed by atoms with Crippen molar-refractivity contribution in [2.75, 3.05) is 0 Å². The lowest BCUT2D eigenvalue weighted by atomic mass is 9.85. The van der Waals surface area contributed by atoms with Crippen LogP contribution >= 0.6 is 0 Å². The number of hydrogen-bond donors (Lipinski definition) is 1. The van der Waals surface area contributed by atoms with Crippen LogP contribution in [0, 0.1) is 5.82 Å². The second kappa shape index (κ2) is 2.98. The van der Waals surface area contributed by atoms with E-state index in [2.05, 4.69) is 0 Å². The molecule has 0 saturated carbocycles. The fourth-order valence-electron chi connectivity index (χ4n) is 1.80. The van der Waals surface area contributed by atoms with Gasteiger partial charge in [-0.15, -0.1) is 0 Å². The first-order chi connectivity index (χ1) is 6.50. The predicted octanol–water partition coefficient (Wildman–Crippen LogP) is 2.71. The summed E-state index contributed by atoms with van der Waals surface area (Å²) < 4.78 is 39.4. The lowest BCUT2D eigenvalue weighted by Gasteiger charge is -2.29. The maximum Gasteiger partial charge on any atom is 0.273 e. The molecule has 0 amide bonds. The molecule has 1 aromatic carbocycles. The third kappa shape index (κ3) is 1.39. The molecule has 4 heteroatoms. The van der Waals surface area contributed by atoms with Crippen LogP contribution in [0.25, 0.3) is 0 Å². The molecule has 76 valence electrons. The van der Waals surface area contributed by atoms with Crippen LogP contribution in [0.1, 0.15) is 30.0 Å². The SMILES string of the molecule is NC1CCC(F)(F)c2cc(F)ccc21. The van der Waals surface area contributed by atoms with E-state index in [1.165, 1.54) is 12.1 Å². The van der Waals surface area contributed by atoms with Gasteiger partial charge in [-0.25, -0.2) is 13.2 Å². The molecule has 14 heavy (non-hydrogen) atoms. The molecule has 0 bridgehead atoms. The zero-order chi connectivity index (χ0) is 10.3. The van der Waals surface area contributed by atoms with Crippen molar-refractivity contribution in [1.29, 1.82) is 0 Å². The monoisotopic (exact) mass is 201 g/mol. The summed E-state index contributed by atoms with van der Waals surface area (Å²) in [6.07, 6.45) is -0.0593. The molecule has 1 aliphatic rings. The van der Waals surface area contributed by atoms with Gasteiger partial charge in [-0.3, -0.25) is 0 Å². The quantitative estimate of drug-likeness (QED) is 0.686. The minimum absolute atomic E-state index is 0.242. The van der Waals surface area contributed by atoms with Gasteiger partial charge in [-0.1, -0.05) is 6.07 Å². The summed E-state index contributed by atoms with van der Waals surface area (Å²) in [4.78, 5) is 0. The van der Waals surface area contributed by atoms with Gasteiger partial charge in [0, 0.05) is 18.0 Å². The van der Waals surface area contributed by atoms with Crippen LogP contribution in [-0.2, 0) is 5.92 Å². The van der Waals surface area contributed by atoms with Crippen LogP contribution in [0.2, 0.25) is 0 Å². The Labute approximate surface area is 79.7 Å². The van der Waals surface area contributed by atoms with E-state index in [0.717, 1.165) is 6.07 Å². The van der Waals surface area contributed by atoms with Crippen molar-refractivity contribution in [2.24, 2.45) is 5.73 Å². The number of fused-ring (bicyclic) bond motifs is 1. The summed E-state index contributed by atoms with van der Waals surface area (Å²) in [6.45, 7) is 0. The molecule has 0 aromatic heterocycles.